The Morgan fingerprint density at radius 2 is 1.80 bits per heavy atom. The number of benzene rings is 3. The fourth-order valence-corrected chi connectivity index (χ4v) is 6.05. The van der Waals surface area contributed by atoms with E-state index in [2.05, 4.69) is 0 Å². The molecule has 0 saturated carbocycles. The molecule has 0 aliphatic carbocycles. The summed E-state index contributed by atoms with van der Waals surface area (Å²) < 4.78 is 24.0. The predicted octanol–water partition coefficient (Wildman–Crippen LogP) is 4.72. The van der Waals surface area contributed by atoms with Crippen molar-refractivity contribution in [1.82, 2.24) is 4.57 Å². The van der Waals surface area contributed by atoms with Crippen LogP contribution in [0.15, 0.2) is 82.1 Å². The van der Waals surface area contributed by atoms with Gasteiger partial charge in [0.05, 0.1) is 40.1 Å². The first kappa shape index (κ1) is 26.9. The fourth-order valence-electron chi connectivity index (χ4n) is 4.85. The Morgan fingerprint density at radius 3 is 2.51 bits per heavy atom. The van der Waals surface area contributed by atoms with Crippen LogP contribution in [0.4, 0.5) is 0 Å². The van der Waals surface area contributed by atoms with Gasteiger partial charge in [0.15, 0.2) is 16.3 Å². The number of halogens is 1. The maximum Gasteiger partial charge on any atom is 0.338 e. The van der Waals surface area contributed by atoms with Crippen molar-refractivity contribution in [1.29, 1.82) is 0 Å². The number of carbonyl (C=O) groups is 1. The Kier molecular flexibility index (Phi) is 7.38. The largest absolute Gasteiger partial charge is 0.494 e. The molecule has 0 unspecified atom stereocenters. The van der Waals surface area contributed by atoms with Crippen LogP contribution >= 0.6 is 22.9 Å². The molecule has 10 heteroatoms. The van der Waals surface area contributed by atoms with Crippen LogP contribution in [0.5, 0.6) is 17.2 Å². The van der Waals surface area contributed by atoms with Gasteiger partial charge in [0, 0.05) is 11.6 Å². The lowest BCUT2D eigenvalue weighted by Gasteiger charge is -2.26. The third-order valence-electron chi connectivity index (χ3n) is 6.66. The highest BCUT2D eigenvalue weighted by Crippen LogP contribution is 2.38. The highest BCUT2D eigenvalue weighted by atomic mass is 35.5. The van der Waals surface area contributed by atoms with Crippen LogP contribution in [0.25, 0.3) is 11.8 Å². The molecule has 0 radical (unpaired) electrons. The van der Waals surface area contributed by atoms with Gasteiger partial charge in [0.1, 0.15) is 5.75 Å². The van der Waals surface area contributed by atoms with Crippen LogP contribution < -0.4 is 29.1 Å². The number of aromatic nitrogens is 1. The molecule has 0 fully saturated rings. The normalized spacial score (nSPS) is 15.9. The van der Waals surface area contributed by atoms with Crippen LogP contribution in [-0.4, -0.2) is 30.5 Å². The lowest BCUT2D eigenvalue weighted by atomic mass is 9.93. The molecular weight excluding hydrogens is 564 g/mol. The van der Waals surface area contributed by atoms with E-state index in [1.807, 2.05) is 61.5 Å². The SMILES string of the molecule is CCOC(=O)C1=C(c2ccccc2)N=c2s/c(=C\c3cc4c(cc3Cl)OCO4)c(=O)n2[C@H]1c1ccc(OCC)cc1. The molecule has 2 aliphatic rings. The van der Waals surface area contributed by atoms with Crippen molar-refractivity contribution < 1.29 is 23.7 Å². The van der Waals surface area contributed by atoms with Gasteiger partial charge in [-0.1, -0.05) is 65.4 Å². The third-order valence-corrected chi connectivity index (χ3v) is 7.97. The molecule has 0 saturated heterocycles. The number of rotatable bonds is 7. The molecule has 4 aromatic rings. The molecule has 3 heterocycles. The maximum atomic E-state index is 14.1. The third kappa shape index (κ3) is 5.03. The number of fused-ring (bicyclic) bond motifs is 2. The van der Waals surface area contributed by atoms with Crippen molar-refractivity contribution in [3.63, 3.8) is 0 Å². The van der Waals surface area contributed by atoms with Crippen LogP contribution in [0.2, 0.25) is 5.02 Å². The maximum absolute atomic E-state index is 14.1. The highest BCUT2D eigenvalue weighted by molar-refractivity contribution is 7.07. The molecular formula is C31H25ClN2O6S. The van der Waals surface area contributed by atoms with Gasteiger partial charge in [-0.25, -0.2) is 9.79 Å². The molecule has 41 heavy (non-hydrogen) atoms. The highest BCUT2D eigenvalue weighted by Gasteiger charge is 2.35. The smallest absolute Gasteiger partial charge is 0.338 e. The summed E-state index contributed by atoms with van der Waals surface area (Å²) in [5, 5.41) is 0.417. The summed E-state index contributed by atoms with van der Waals surface area (Å²) in [5.74, 6) is 1.25. The van der Waals surface area contributed by atoms with E-state index in [0.717, 1.165) is 5.56 Å². The van der Waals surface area contributed by atoms with Crippen LogP contribution in [0.1, 0.15) is 36.6 Å². The molecule has 208 valence electrons. The lowest BCUT2D eigenvalue weighted by molar-refractivity contribution is -0.138. The van der Waals surface area contributed by atoms with Crippen molar-refractivity contribution >= 4 is 40.7 Å². The van der Waals surface area contributed by atoms with E-state index in [9.17, 15) is 9.59 Å². The second-order valence-electron chi connectivity index (χ2n) is 9.16. The predicted molar refractivity (Wildman–Crippen MR) is 156 cm³/mol. The zero-order valence-corrected chi connectivity index (χ0v) is 23.8. The fraction of sp³-hybridized carbons (Fsp3) is 0.194. The van der Waals surface area contributed by atoms with Gasteiger partial charge >= 0.3 is 5.97 Å². The van der Waals surface area contributed by atoms with E-state index in [-0.39, 0.29) is 24.5 Å². The summed E-state index contributed by atoms with van der Waals surface area (Å²) in [6.07, 6.45) is 1.71. The van der Waals surface area contributed by atoms with E-state index < -0.39 is 12.0 Å². The van der Waals surface area contributed by atoms with Crippen molar-refractivity contribution in [2.24, 2.45) is 4.99 Å². The molecule has 0 spiro atoms. The molecule has 6 rings (SSSR count). The Labute approximate surface area is 244 Å². The second-order valence-corrected chi connectivity index (χ2v) is 10.6. The van der Waals surface area contributed by atoms with Crippen LogP contribution in [0, 0.1) is 0 Å². The minimum absolute atomic E-state index is 0.109. The van der Waals surface area contributed by atoms with Crippen molar-refractivity contribution in [2.45, 2.75) is 19.9 Å². The summed E-state index contributed by atoms with van der Waals surface area (Å²) in [6, 6.07) is 19.4. The summed E-state index contributed by atoms with van der Waals surface area (Å²) in [5.41, 5.74) is 2.48. The number of hydrogen-bond donors (Lipinski definition) is 0. The summed E-state index contributed by atoms with van der Waals surface area (Å²) in [6.45, 7) is 4.46. The van der Waals surface area contributed by atoms with Gasteiger partial charge < -0.3 is 18.9 Å². The average Bonchev–Trinajstić information content (AvgIpc) is 3.56. The first-order valence-corrected chi connectivity index (χ1v) is 14.3. The van der Waals surface area contributed by atoms with Crippen molar-refractivity contribution in [3.8, 4) is 17.2 Å². The lowest BCUT2D eigenvalue weighted by Crippen LogP contribution is -2.40. The number of thiazole rings is 1. The van der Waals surface area contributed by atoms with E-state index in [1.54, 1.807) is 29.7 Å². The minimum atomic E-state index is -0.787. The van der Waals surface area contributed by atoms with Gasteiger partial charge in [0.2, 0.25) is 6.79 Å². The monoisotopic (exact) mass is 588 g/mol. The second kappa shape index (κ2) is 11.3. The molecule has 0 N–H and O–H groups in total. The summed E-state index contributed by atoms with van der Waals surface area (Å²) >= 11 is 7.75. The minimum Gasteiger partial charge on any atom is -0.494 e. The first-order chi connectivity index (χ1) is 20.0. The van der Waals surface area contributed by atoms with Gasteiger partial charge in [0.25, 0.3) is 5.56 Å². The molecule has 0 amide bonds. The Hall–Kier alpha value is -4.34. The number of ether oxygens (including phenoxy) is 4. The van der Waals surface area contributed by atoms with E-state index in [1.165, 1.54) is 11.3 Å². The average molecular weight is 589 g/mol. The first-order valence-electron chi connectivity index (χ1n) is 13.1. The van der Waals surface area contributed by atoms with E-state index in [0.29, 0.717) is 55.0 Å². The van der Waals surface area contributed by atoms with Crippen LogP contribution in [0.3, 0.4) is 0 Å². The van der Waals surface area contributed by atoms with Gasteiger partial charge in [-0.2, -0.15) is 0 Å². The molecule has 8 nitrogen and oxygen atoms in total. The molecule has 1 aromatic heterocycles. The summed E-state index contributed by atoms with van der Waals surface area (Å²) in [7, 11) is 0. The van der Waals surface area contributed by atoms with Gasteiger partial charge in [-0.05, 0) is 49.2 Å². The van der Waals surface area contributed by atoms with Crippen molar-refractivity contribution in [2.75, 3.05) is 20.0 Å². The van der Waals surface area contributed by atoms with E-state index >= 15 is 0 Å². The van der Waals surface area contributed by atoms with E-state index in [4.69, 9.17) is 35.5 Å². The Balaban J connectivity index is 1.60. The number of esters is 1. The summed E-state index contributed by atoms with van der Waals surface area (Å²) in [4.78, 5) is 33.0. The van der Waals surface area contributed by atoms with Crippen molar-refractivity contribution in [3.05, 3.63) is 114 Å². The van der Waals surface area contributed by atoms with Gasteiger partial charge in [-0.15, -0.1) is 0 Å². The standard InChI is InChI=1S/C31H25ClN2O6S/c1-3-37-21-12-10-19(11-13-21)28-26(30(36)38-4-2)27(18-8-6-5-7-9-18)33-31-34(28)29(35)25(41-31)15-20-14-23-24(16-22(20)32)40-17-39-23/h5-16,28H,3-4,17H2,1-2H3/b25-15-/t28-/m0/s1. The molecule has 2 aliphatic heterocycles. The number of carbonyl (C=O) groups excluding carboxylic acids is 1. The molecule has 1 atom stereocenters. The zero-order chi connectivity index (χ0) is 28.5. The zero-order valence-electron chi connectivity index (χ0n) is 22.3. The Morgan fingerprint density at radius 1 is 1.07 bits per heavy atom. The quantitative estimate of drug-likeness (QED) is 0.290. The number of nitrogens with zero attached hydrogens (tertiary/aromatic N) is 2. The topological polar surface area (TPSA) is 88.4 Å². The van der Waals surface area contributed by atoms with Gasteiger partial charge in [-0.3, -0.25) is 9.36 Å². The Bertz CT molecular complexity index is 1840. The molecule has 3 aromatic carbocycles. The van der Waals surface area contributed by atoms with Crippen LogP contribution in [-0.2, 0) is 9.53 Å². The number of hydrogen-bond acceptors (Lipinski definition) is 8. The molecule has 0 bridgehead atoms.